The molecule has 0 radical (unpaired) electrons. The van der Waals surface area contributed by atoms with Gasteiger partial charge < -0.3 is 14.2 Å². The molecule has 0 aliphatic rings. The molecule has 5 nitrogen and oxygen atoms in total. The van der Waals surface area contributed by atoms with Gasteiger partial charge in [-0.15, -0.1) is 0 Å². The molecule has 0 aromatic heterocycles. The summed E-state index contributed by atoms with van der Waals surface area (Å²) in [6.07, 6.45) is -6.02. The van der Waals surface area contributed by atoms with Gasteiger partial charge in [0.15, 0.2) is 17.7 Å². The van der Waals surface area contributed by atoms with Crippen LogP contribution in [-0.4, -0.2) is 24.6 Å². The lowest BCUT2D eigenvalue weighted by Crippen LogP contribution is -2.26. The molecule has 2 rings (SSSR count). The first-order valence-electron chi connectivity index (χ1n) is 8.35. The van der Waals surface area contributed by atoms with Gasteiger partial charge in [0.25, 0.3) is 0 Å². The predicted molar refractivity (Wildman–Crippen MR) is 99.4 cm³/mol. The number of carbonyl (C=O) groups is 2. The molecule has 11 heteroatoms. The minimum absolute atomic E-state index is 0.0672. The van der Waals surface area contributed by atoms with Crippen LogP contribution < -0.4 is 4.74 Å². The Labute approximate surface area is 178 Å². The smallest absolute Gasteiger partial charge is 0.416 e. The highest BCUT2D eigenvalue weighted by molar-refractivity contribution is 6.33. The van der Waals surface area contributed by atoms with Crippen LogP contribution in [0.25, 0.3) is 0 Å². The predicted octanol–water partition coefficient (Wildman–Crippen LogP) is 6.05. The molecule has 0 N–H and O–H groups in total. The van der Waals surface area contributed by atoms with E-state index in [2.05, 4.69) is 0 Å². The fourth-order valence-electron chi connectivity index (χ4n) is 2.19. The second-order valence-electron chi connectivity index (χ2n) is 5.81. The summed E-state index contributed by atoms with van der Waals surface area (Å²) >= 11 is 11.7. The zero-order valence-corrected chi connectivity index (χ0v) is 17.0. The number of hydrogen-bond acceptors (Lipinski definition) is 5. The van der Waals surface area contributed by atoms with Gasteiger partial charge in [-0.1, -0.05) is 23.2 Å². The molecule has 162 valence electrons. The molecule has 2 aromatic carbocycles. The summed E-state index contributed by atoms with van der Waals surface area (Å²) in [5.74, 6) is -3.95. The summed E-state index contributed by atoms with van der Waals surface area (Å²) in [4.78, 5) is 23.9. The molecule has 0 fully saturated rings. The van der Waals surface area contributed by atoms with Crippen LogP contribution in [0.4, 0.5) is 17.6 Å². The van der Waals surface area contributed by atoms with Gasteiger partial charge in [0.05, 0.1) is 27.8 Å². The van der Waals surface area contributed by atoms with Gasteiger partial charge in [0.2, 0.25) is 0 Å². The first-order chi connectivity index (χ1) is 13.9. The van der Waals surface area contributed by atoms with E-state index in [4.69, 9.17) is 37.4 Å². The van der Waals surface area contributed by atoms with Gasteiger partial charge in [-0.2, -0.15) is 13.2 Å². The van der Waals surface area contributed by atoms with E-state index in [1.807, 2.05) is 0 Å². The second-order valence-corrected chi connectivity index (χ2v) is 6.62. The fraction of sp³-hybridized carbons (Fsp3) is 0.263. The van der Waals surface area contributed by atoms with E-state index >= 15 is 0 Å². The largest absolute Gasteiger partial charge is 0.463 e. The minimum atomic E-state index is -4.80. The first kappa shape index (κ1) is 23.8. The maximum Gasteiger partial charge on any atom is 0.416 e. The van der Waals surface area contributed by atoms with Gasteiger partial charge in [-0.25, -0.2) is 14.0 Å². The fourth-order valence-corrected chi connectivity index (χ4v) is 2.64. The normalized spacial score (nSPS) is 12.3. The summed E-state index contributed by atoms with van der Waals surface area (Å²) in [6.45, 7) is 2.96. The quantitative estimate of drug-likeness (QED) is 0.381. The van der Waals surface area contributed by atoms with Gasteiger partial charge >= 0.3 is 18.1 Å². The zero-order chi connectivity index (χ0) is 22.6. The number of alkyl halides is 3. The Morgan fingerprint density at radius 1 is 1.10 bits per heavy atom. The standard InChI is InChI=1S/C19H14Cl2F4O5/c1-3-28-17(26)9(2)29-18(27)12-8-11(4-5-13(12)20)30-16-14(21)6-10(7-15(16)22)19(23,24)25/h4-9H,3H2,1-2H3. The Morgan fingerprint density at radius 3 is 2.33 bits per heavy atom. The minimum Gasteiger partial charge on any atom is -0.463 e. The molecule has 0 bridgehead atoms. The van der Waals surface area contributed by atoms with E-state index in [0.29, 0.717) is 6.07 Å². The van der Waals surface area contributed by atoms with E-state index < -0.39 is 46.4 Å². The van der Waals surface area contributed by atoms with Crippen molar-refractivity contribution in [3.05, 3.63) is 57.3 Å². The Morgan fingerprint density at radius 2 is 1.77 bits per heavy atom. The second kappa shape index (κ2) is 9.53. The van der Waals surface area contributed by atoms with Crippen molar-refractivity contribution in [2.24, 2.45) is 0 Å². The topological polar surface area (TPSA) is 61.8 Å². The van der Waals surface area contributed by atoms with Crippen molar-refractivity contribution in [3.63, 3.8) is 0 Å². The highest BCUT2D eigenvalue weighted by Crippen LogP contribution is 2.39. The van der Waals surface area contributed by atoms with Crippen molar-refractivity contribution in [1.82, 2.24) is 0 Å². The van der Waals surface area contributed by atoms with Crippen molar-refractivity contribution < 1.29 is 41.4 Å². The third kappa shape index (κ3) is 5.76. The highest BCUT2D eigenvalue weighted by Gasteiger charge is 2.33. The molecule has 0 spiro atoms. The maximum atomic E-state index is 14.1. The maximum absolute atomic E-state index is 14.1. The SMILES string of the molecule is CCOC(=O)C(C)OC(=O)c1cc(Oc2c(F)cc(C(F)(F)F)cc2Cl)ccc1Cl. The molecule has 0 amide bonds. The number of hydrogen-bond donors (Lipinski definition) is 0. The molecule has 0 saturated carbocycles. The van der Waals surface area contributed by atoms with Crippen LogP contribution in [0, 0.1) is 5.82 Å². The molecule has 2 aromatic rings. The van der Waals surface area contributed by atoms with Gasteiger partial charge in [-0.3, -0.25) is 0 Å². The summed E-state index contributed by atoms with van der Waals surface area (Å²) < 4.78 is 67.2. The lowest BCUT2D eigenvalue weighted by molar-refractivity contribution is -0.152. The third-order valence-electron chi connectivity index (χ3n) is 3.61. The highest BCUT2D eigenvalue weighted by atomic mass is 35.5. The monoisotopic (exact) mass is 468 g/mol. The summed E-state index contributed by atoms with van der Waals surface area (Å²) in [7, 11) is 0. The number of halogens is 6. The van der Waals surface area contributed by atoms with Gasteiger partial charge in [-0.05, 0) is 44.2 Å². The number of carbonyl (C=O) groups excluding carboxylic acids is 2. The number of esters is 2. The van der Waals surface area contributed by atoms with Crippen molar-refractivity contribution in [2.75, 3.05) is 6.61 Å². The van der Waals surface area contributed by atoms with E-state index in [0.717, 1.165) is 6.07 Å². The van der Waals surface area contributed by atoms with E-state index in [1.54, 1.807) is 6.92 Å². The molecule has 30 heavy (non-hydrogen) atoms. The molecular formula is C19H14Cl2F4O5. The Balaban J connectivity index is 2.28. The van der Waals surface area contributed by atoms with Gasteiger partial charge in [0.1, 0.15) is 5.75 Å². The van der Waals surface area contributed by atoms with Crippen LogP contribution in [0.2, 0.25) is 10.0 Å². The summed E-state index contributed by atoms with van der Waals surface area (Å²) in [5.41, 5.74) is -1.51. The van der Waals surface area contributed by atoms with E-state index in [9.17, 15) is 27.2 Å². The lowest BCUT2D eigenvalue weighted by atomic mass is 10.2. The molecule has 0 heterocycles. The van der Waals surface area contributed by atoms with Crippen molar-refractivity contribution >= 4 is 35.1 Å². The van der Waals surface area contributed by atoms with E-state index in [1.165, 1.54) is 19.1 Å². The summed E-state index contributed by atoms with van der Waals surface area (Å²) in [5, 5.41) is -0.695. The average Bonchev–Trinajstić information content (AvgIpc) is 2.65. The molecule has 1 atom stereocenters. The van der Waals surface area contributed by atoms with Crippen molar-refractivity contribution in [2.45, 2.75) is 26.1 Å². The molecular weight excluding hydrogens is 455 g/mol. The van der Waals surface area contributed by atoms with Crippen molar-refractivity contribution in [1.29, 1.82) is 0 Å². The van der Waals surface area contributed by atoms with Crippen LogP contribution in [0.15, 0.2) is 30.3 Å². The van der Waals surface area contributed by atoms with E-state index in [-0.39, 0.29) is 29.0 Å². The number of benzene rings is 2. The Kier molecular flexibility index (Phi) is 7.54. The average molecular weight is 469 g/mol. The lowest BCUT2D eigenvalue weighted by Gasteiger charge is -2.15. The molecule has 1 unspecified atom stereocenters. The number of rotatable bonds is 6. The third-order valence-corrected chi connectivity index (χ3v) is 4.22. The Hall–Kier alpha value is -2.52. The van der Waals surface area contributed by atoms with Crippen LogP contribution in [0.3, 0.4) is 0 Å². The molecule has 0 aliphatic carbocycles. The van der Waals surface area contributed by atoms with Crippen LogP contribution in [0.1, 0.15) is 29.8 Å². The first-order valence-corrected chi connectivity index (χ1v) is 9.10. The molecule has 0 saturated heterocycles. The van der Waals surface area contributed by atoms with Crippen LogP contribution in [0.5, 0.6) is 11.5 Å². The van der Waals surface area contributed by atoms with Crippen LogP contribution in [-0.2, 0) is 20.4 Å². The number of ether oxygens (including phenoxy) is 3. The Bertz CT molecular complexity index is 939. The zero-order valence-electron chi connectivity index (χ0n) is 15.5. The summed E-state index contributed by atoms with van der Waals surface area (Å²) in [6, 6.07) is 4.26. The van der Waals surface area contributed by atoms with Gasteiger partial charge in [0, 0.05) is 0 Å². The van der Waals surface area contributed by atoms with Crippen LogP contribution >= 0.6 is 23.2 Å². The van der Waals surface area contributed by atoms with Crippen molar-refractivity contribution in [3.8, 4) is 11.5 Å². The molecule has 0 aliphatic heterocycles.